The minimum atomic E-state index is -0.648. The lowest BCUT2D eigenvalue weighted by Gasteiger charge is -2.39. The van der Waals surface area contributed by atoms with Crippen molar-refractivity contribution in [3.63, 3.8) is 0 Å². The summed E-state index contributed by atoms with van der Waals surface area (Å²) in [5, 5.41) is 11.7. The number of aromatic nitrogens is 2. The Labute approximate surface area is 251 Å². The van der Waals surface area contributed by atoms with Crippen molar-refractivity contribution in [2.75, 3.05) is 0 Å². The van der Waals surface area contributed by atoms with Crippen LogP contribution in [0.1, 0.15) is 73.9 Å². The Balaban J connectivity index is 1.75. The molecule has 0 spiro atoms. The van der Waals surface area contributed by atoms with Crippen molar-refractivity contribution in [3.8, 4) is 5.88 Å². The fraction of sp³-hybridized carbons (Fsp3) is 0.333. The fourth-order valence-electron chi connectivity index (χ4n) is 5.07. The van der Waals surface area contributed by atoms with Crippen LogP contribution in [0.25, 0.3) is 0 Å². The first-order valence-corrected chi connectivity index (χ1v) is 15.3. The minimum absolute atomic E-state index is 0.0943. The molecule has 4 rings (SSSR count). The third-order valence-electron chi connectivity index (χ3n) is 7.26. The van der Waals surface area contributed by atoms with E-state index >= 15 is 0 Å². The average Bonchev–Trinajstić information content (AvgIpc) is 3.39. The number of nitrogens with two attached hydrogens (primary N) is 1. The van der Waals surface area contributed by atoms with Gasteiger partial charge in [0.25, 0.3) is 5.69 Å². The van der Waals surface area contributed by atoms with E-state index in [2.05, 4.69) is 42.7 Å². The molecule has 3 aromatic carbocycles. The molecule has 0 saturated heterocycles. The number of thioether (sulfide) groups is 1. The van der Waals surface area contributed by atoms with E-state index in [9.17, 15) is 14.9 Å². The molecule has 2 N–H and O–H groups in total. The maximum Gasteiger partial charge on any atom is 0.344 e. The lowest BCUT2D eigenvalue weighted by molar-refractivity contribution is -0.384. The van der Waals surface area contributed by atoms with E-state index in [1.54, 1.807) is 18.0 Å². The second kappa shape index (κ2) is 14.8. The minimum Gasteiger partial charge on any atom is -0.402 e. The van der Waals surface area contributed by atoms with Gasteiger partial charge in [0.1, 0.15) is 0 Å². The Morgan fingerprint density at radius 3 is 2.12 bits per heavy atom. The molecule has 0 aliphatic heterocycles. The SMILES string of the molecule is CCCCCCn1cc(OC(=O)c2ccc([N+](=O)[O-])cc2)nc1SC(c1ccccc1)(c1ccccc1)[C@@H](N)CCC. The van der Waals surface area contributed by atoms with E-state index in [1.165, 1.54) is 24.3 Å². The lowest BCUT2D eigenvalue weighted by atomic mass is 9.82. The van der Waals surface area contributed by atoms with Gasteiger partial charge in [0.2, 0.25) is 5.88 Å². The van der Waals surface area contributed by atoms with Gasteiger partial charge in [-0.2, -0.15) is 4.98 Å². The first kappa shape index (κ1) is 31.0. The number of nitrogens with zero attached hydrogens (tertiary/aromatic N) is 3. The highest BCUT2D eigenvalue weighted by molar-refractivity contribution is 8.00. The summed E-state index contributed by atoms with van der Waals surface area (Å²) in [4.78, 5) is 28.3. The molecule has 0 saturated carbocycles. The monoisotopic (exact) mass is 586 g/mol. The molecule has 0 amide bonds. The zero-order chi connectivity index (χ0) is 30.0. The van der Waals surface area contributed by atoms with E-state index in [1.807, 2.05) is 36.4 Å². The molecule has 8 nitrogen and oxygen atoms in total. The molecule has 42 heavy (non-hydrogen) atoms. The van der Waals surface area contributed by atoms with Crippen molar-refractivity contribution >= 4 is 23.4 Å². The average molecular weight is 587 g/mol. The third-order valence-corrected chi connectivity index (χ3v) is 8.87. The third kappa shape index (κ3) is 7.27. The highest BCUT2D eigenvalue weighted by atomic mass is 32.2. The predicted octanol–water partition coefficient (Wildman–Crippen LogP) is 7.75. The van der Waals surface area contributed by atoms with Gasteiger partial charge in [0.05, 0.1) is 21.4 Å². The predicted molar refractivity (Wildman–Crippen MR) is 167 cm³/mol. The van der Waals surface area contributed by atoms with Gasteiger partial charge in [0, 0.05) is 24.7 Å². The number of carbonyl (C=O) groups is 1. The Morgan fingerprint density at radius 2 is 1.57 bits per heavy atom. The number of nitro benzene ring substituents is 1. The molecule has 1 heterocycles. The molecule has 0 bridgehead atoms. The first-order chi connectivity index (χ1) is 20.4. The molecule has 9 heteroatoms. The van der Waals surface area contributed by atoms with E-state index in [4.69, 9.17) is 15.5 Å². The van der Waals surface area contributed by atoms with Gasteiger partial charge in [-0.3, -0.25) is 10.1 Å². The number of imidazole rings is 1. The van der Waals surface area contributed by atoms with Gasteiger partial charge in [-0.05, 0) is 36.1 Å². The second-order valence-electron chi connectivity index (χ2n) is 10.3. The largest absolute Gasteiger partial charge is 0.402 e. The van der Waals surface area contributed by atoms with Gasteiger partial charge in [-0.1, -0.05) is 112 Å². The molecule has 1 aromatic heterocycles. The summed E-state index contributed by atoms with van der Waals surface area (Å²) in [7, 11) is 0. The first-order valence-electron chi connectivity index (χ1n) is 14.5. The van der Waals surface area contributed by atoms with E-state index < -0.39 is 15.6 Å². The number of unbranched alkanes of at least 4 members (excludes halogenated alkanes) is 3. The maximum atomic E-state index is 13.0. The van der Waals surface area contributed by atoms with Gasteiger partial charge in [0.15, 0.2) is 5.16 Å². The number of benzene rings is 3. The maximum absolute atomic E-state index is 13.0. The van der Waals surface area contributed by atoms with E-state index in [0.29, 0.717) is 11.7 Å². The topological polar surface area (TPSA) is 113 Å². The van der Waals surface area contributed by atoms with Crippen molar-refractivity contribution in [3.05, 3.63) is 118 Å². The molecule has 0 radical (unpaired) electrons. The standard InChI is InChI=1S/C33H38N4O4S/c1-3-5-6-13-23-36-24-30(41-31(38)25-19-21-28(22-20-25)37(39)40)35-32(36)42-33(29(34)14-4-2,26-15-9-7-10-16-26)27-17-11-8-12-18-27/h7-12,15-22,24,29H,3-6,13-14,23,34H2,1-2H3/t29-/m0/s1. The summed E-state index contributed by atoms with van der Waals surface area (Å²) < 4.78 is 7.10. The van der Waals surface area contributed by atoms with Crippen LogP contribution in [-0.4, -0.2) is 26.5 Å². The molecular weight excluding hydrogens is 548 g/mol. The van der Waals surface area contributed by atoms with Crippen molar-refractivity contribution in [1.82, 2.24) is 9.55 Å². The van der Waals surface area contributed by atoms with Crippen LogP contribution in [0.15, 0.2) is 96.3 Å². The smallest absolute Gasteiger partial charge is 0.344 e. The van der Waals surface area contributed by atoms with Crippen molar-refractivity contribution < 1.29 is 14.5 Å². The van der Waals surface area contributed by atoms with Gasteiger partial charge >= 0.3 is 5.97 Å². The summed E-state index contributed by atoms with van der Waals surface area (Å²) in [5.41, 5.74) is 9.34. The number of esters is 1. The van der Waals surface area contributed by atoms with Crippen LogP contribution in [0.4, 0.5) is 5.69 Å². The van der Waals surface area contributed by atoms with Crippen LogP contribution in [0, 0.1) is 10.1 Å². The summed E-state index contributed by atoms with van der Waals surface area (Å²) in [6, 6.07) is 25.7. The van der Waals surface area contributed by atoms with Gasteiger partial charge in [-0.25, -0.2) is 4.79 Å². The molecule has 0 unspecified atom stereocenters. The van der Waals surface area contributed by atoms with Crippen molar-refractivity contribution in [2.24, 2.45) is 5.73 Å². The van der Waals surface area contributed by atoms with Crippen LogP contribution >= 0.6 is 11.8 Å². The zero-order valence-electron chi connectivity index (χ0n) is 24.1. The Kier molecular flexibility index (Phi) is 10.9. The van der Waals surface area contributed by atoms with Crippen LogP contribution in [0.2, 0.25) is 0 Å². The summed E-state index contributed by atoms with van der Waals surface area (Å²) in [6.45, 7) is 5.03. The molecule has 220 valence electrons. The second-order valence-corrected chi connectivity index (χ2v) is 11.5. The Bertz CT molecular complexity index is 1400. The molecule has 1 atom stereocenters. The van der Waals surface area contributed by atoms with Gasteiger partial charge in [-0.15, -0.1) is 0 Å². The van der Waals surface area contributed by atoms with Crippen LogP contribution < -0.4 is 10.5 Å². The Hall–Kier alpha value is -3.95. The van der Waals surface area contributed by atoms with Crippen LogP contribution in [0.3, 0.4) is 0 Å². The summed E-state index contributed by atoms with van der Waals surface area (Å²) >= 11 is 1.59. The number of ether oxygens (including phenoxy) is 1. The lowest BCUT2D eigenvalue weighted by Crippen LogP contribution is -2.44. The van der Waals surface area contributed by atoms with Gasteiger partial charge < -0.3 is 15.0 Å². The summed E-state index contributed by atoms with van der Waals surface area (Å²) in [6.07, 6.45) is 7.79. The van der Waals surface area contributed by atoms with Crippen molar-refractivity contribution in [1.29, 1.82) is 0 Å². The number of non-ortho nitro benzene ring substituents is 1. The highest BCUT2D eigenvalue weighted by Crippen LogP contribution is 2.49. The normalized spacial score (nSPS) is 12.2. The quantitative estimate of drug-likeness (QED) is 0.0498. The van der Waals surface area contributed by atoms with Crippen molar-refractivity contribution in [2.45, 2.75) is 74.9 Å². The number of aryl methyl sites for hydroxylation is 1. The highest BCUT2D eigenvalue weighted by Gasteiger charge is 2.42. The number of carbonyl (C=O) groups excluding carboxylic acids is 1. The molecule has 0 aliphatic carbocycles. The Morgan fingerprint density at radius 1 is 0.952 bits per heavy atom. The molecule has 0 fully saturated rings. The fourth-order valence-corrected chi connectivity index (χ4v) is 6.53. The van der Waals surface area contributed by atoms with E-state index in [0.717, 1.165) is 49.7 Å². The number of nitro groups is 1. The zero-order valence-corrected chi connectivity index (χ0v) is 25.0. The molecule has 0 aliphatic rings. The molecule has 4 aromatic rings. The number of hydrogen-bond donors (Lipinski definition) is 1. The van der Waals surface area contributed by atoms with E-state index in [-0.39, 0.29) is 23.2 Å². The number of rotatable bonds is 15. The summed E-state index contributed by atoms with van der Waals surface area (Å²) in [5.74, 6) is -0.451. The molecular formula is C33H38N4O4S. The van der Waals surface area contributed by atoms with Crippen LogP contribution in [0.5, 0.6) is 5.88 Å². The van der Waals surface area contributed by atoms with Crippen LogP contribution in [-0.2, 0) is 11.3 Å². The number of hydrogen-bond acceptors (Lipinski definition) is 7.